The zero-order valence-electron chi connectivity index (χ0n) is 14.3. The fourth-order valence-corrected chi connectivity index (χ4v) is 4.28. The Morgan fingerprint density at radius 1 is 1.26 bits per heavy atom. The second-order valence-electron chi connectivity index (χ2n) is 7.06. The number of hydrogen-bond donors (Lipinski definition) is 1. The van der Waals surface area contributed by atoms with E-state index >= 15 is 0 Å². The summed E-state index contributed by atoms with van der Waals surface area (Å²) in [5.41, 5.74) is 1.31. The van der Waals surface area contributed by atoms with Gasteiger partial charge in [-0.15, -0.1) is 0 Å². The highest BCUT2D eigenvalue weighted by molar-refractivity contribution is 5.16. The van der Waals surface area contributed by atoms with E-state index in [9.17, 15) is 9.90 Å². The molecule has 1 unspecified atom stereocenters. The van der Waals surface area contributed by atoms with Gasteiger partial charge in [-0.05, 0) is 31.5 Å². The standard InChI is InChI=1S/C18H29N3O2/c1-3-19(4-2)12-16(22)13-20-9-14-8-15(11-20)17-6-5-7-18(23)21(17)10-14/h5-7,14-16,22H,3-4,8-13H2,1-2H3/t14-,15-,16?/m0/s1. The molecule has 1 saturated heterocycles. The Morgan fingerprint density at radius 3 is 2.78 bits per heavy atom. The first kappa shape index (κ1) is 16.7. The lowest BCUT2D eigenvalue weighted by atomic mass is 9.83. The van der Waals surface area contributed by atoms with Crippen molar-refractivity contribution < 1.29 is 5.11 Å². The Balaban J connectivity index is 1.65. The Kier molecular flexibility index (Phi) is 5.19. The Bertz CT molecular complexity index is 582. The second-order valence-corrected chi connectivity index (χ2v) is 7.06. The lowest BCUT2D eigenvalue weighted by Gasteiger charge is -2.43. The van der Waals surface area contributed by atoms with E-state index in [0.717, 1.165) is 45.8 Å². The summed E-state index contributed by atoms with van der Waals surface area (Å²) in [6.07, 6.45) is 0.873. The number of β-amino-alcohol motifs (C(OH)–C–C–N with tert-alkyl or cyclic N) is 1. The molecule has 0 amide bonds. The molecule has 0 radical (unpaired) electrons. The Labute approximate surface area is 138 Å². The predicted molar refractivity (Wildman–Crippen MR) is 91.8 cm³/mol. The van der Waals surface area contributed by atoms with Gasteiger partial charge in [-0.1, -0.05) is 19.9 Å². The molecule has 23 heavy (non-hydrogen) atoms. The minimum atomic E-state index is -0.299. The van der Waals surface area contributed by atoms with Crippen molar-refractivity contribution in [2.24, 2.45) is 5.92 Å². The number of aromatic nitrogens is 1. The van der Waals surface area contributed by atoms with Gasteiger partial charge in [-0.3, -0.25) is 9.69 Å². The molecule has 128 valence electrons. The van der Waals surface area contributed by atoms with Crippen LogP contribution in [0.1, 0.15) is 31.9 Å². The zero-order chi connectivity index (χ0) is 16.4. The molecule has 1 fully saturated rings. The largest absolute Gasteiger partial charge is 0.390 e. The summed E-state index contributed by atoms with van der Waals surface area (Å²) >= 11 is 0. The molecule has 0 aromatic carbocycles. The molecule has 1 N–H and O–H groups in total. The number of rotatable bonds is 6. The predicted octanol–water partition coefficient (Wildman–Crippen LogP) is 0.970. The van der Waals surface area contributed by atoms with Crippen LogP contribution in [-0.2, 0) is 6.54 Å². The second kappa shape index (κ2) is 7.16. The summed E-state index contributed by atoms with van der Waals surface area (Å²) < 4.78 is 1.96. The van der Waals surface area contributed by atoms with Crippen LogP contribution in [0.4, 0.5) is 0 Å². The first-order chi connectivity index (χ1) is 11.1. The van der Waals surface area contributed by atoms with E-state index in [1.54, 1.807) is 6.07 Å². The van der Waals surface area contributed by atoms with Crippen molar-refractivity contribution in [1.29, 1.82) is 0 Å². The lowest BCUT2D eigenvalue weighted by Crippen LogP contribution is -2.50. The topological polar surface area (TPSA) is 48.7 Å². The average Bonchev–Trinajstić information content (AvgIpc) is 2.53. The summed E-state index contributed by atoms with van der Waals surface area (Å²) in [7, 11) is 0. The average molecular weight is 319 g/mol. The Hall–Kier alpha value is -1.17. The fraction of sp³-hybridized carbons (Fsp3) is 0.722. The molecule has 2 aliphatic heterocycles. The van der Waals surface area contributed by atoms with Crippen molar-refractivity contribution in [2.75, 3.05) is 39.3 Å². The van der Waals surface area contributed by atoms with Crippen molar-refractivity contribution >= 4 is 0 Å². The van der Waals surface area contributed by atoms with Crippen LogP contribution in [-0.4, -0.2) is 64.8 Å². The van der Waals surface area contributed by atoms with Crippen LogP contribution in [0.5, 0.6) is 0 Å². The van der Waals surface area contributed by atoms with Crippen LogP contribution in [0.3, 0.4) is 0 Å². The zero-order valence-corrected chi connectivity index (χ0v) is 14.3. The van der Waals surface area contributed by atoms with Crippen molar-refractivity contribution in [1.82, 2.24) is 14.4 Å². The van der Waals surface area contributed by atoms with Gasteiger partial charge in [0.2, 0.25) is 0 Å². The highest BCUT2D eigenvalue weighted by Crippen LogP contribution is 2.34. The molecule has 1 aromatic heterocycles. The van der Waals surface area contributed by atoms with E-state index in [4.69, 9.17) is 0 Å². The number of pyridine rings is 1. The van der Waals surface area contributed by atoms with E-state index in [-0.39, 0.29) is 11.7 Å². The van der Waals surface area contributed by atoms with Crippen LogP contribution in [0.15, 0.2) is 23.0 Å². The van der Waals surface area contributed by atoms with Crippen LogP contribution >= 0.6 is 0 Å². The monoisotopic (exact) mass is 319 g/mol. The third-order valence-corrected chi connectivity index (χ3v) is 5.39. The van der Waals surface area contributed by atoms with Gasteiger partial charge in [-0.2, -0.15) is 0 Å². The smallest absolute Gasteiger partial charge is 0.250 e. The highest BCUT2D eigenvalue weighted by atomic mass is 16.3. The number of piperidine rings is 1. The molecule has 5 heteroatoms. The van der Waals surface area contributed by atoms with Gasteiger partial charge in [0.25, 0.3) is 5.56 Å². The van der Waals surface area contributed by atoms with Gasteiger partial charge in [0.05, 0.1) is 6.10 Å². The SMILES string of the molecule is CCN(CC)CC(O)CN1C[C@@H]2C[C@@H](C1)c1cccc(=O)n1C2. The minimum Gasteiger partial charge on any atom is -0.390 e. The van der Waals surface area contributed by atoms with Crippen LogP contribution < -0.4 is 5.56 Å². The van der Waals surface area contributed by atoms with Crippen molar-refractivity contribution in [3.05, 3.63) is 34.2 Å². The first-order valence-electron chi connectivity index (χ1n) is 8.93. The first-order valence-corrected chi connectivity index (χ1v) is 8.93. The molecule has 2 bridgehead atoms. The third kappa shape index (κ3) is 3.67. The van der Waals surface area contributed by atoms with Crippen molar-refractivity contribution in [3.63, 3.8) is 0 Å². The maximum Gasteiger partial charge on any atom is 0.250 e. The van der Waals surface area contributed by atoms with Crippen LogP contribution in [0, 0.1) is 5.92 Å². The van der Waals surface area contributed by atoms with Gasteiger partial charge >= 0.3 is 0 Å². The Morgan fingerprint density at radius 2 is 2.04 bits per heavy atom. The van der Waals surface area contributed by atoms with Crippen molar-refractivity contribution in [2.45, 2.75) is 38.8 Å². The van der Waals surface area contributed by atoms with Crippen LogP contribution in [0.2, 0.25) is 0 Å². The summed E-state index contributed by atoms with van der Waals surface area (Å²) in [4.78, 5) is 16.7. The summed E-state index contributed by atoms with van der Waals surface area (Å²) in [6, 6.07) is 5.64. The normalized spacial score (nSPS) is 25.4. The molecule has 3 rings (SSSR count). The van der Waals surface area contributed by atoms with Gasteiger partial charge in [-0.25, -0.2) is 0 Å². The molecule has 2 aliphatic rings. The van der Waals surface area contributed by atoms with Crippen LogP contribution in [0.25, 0.3) is 0 Å². The number of likely N-dealkylation sites (N-methyl/N-ethyl adjacent to an activating group) is 1. The highest BCUT2D eigenvalue weighted by Gasteiger charge is 2.34. The van der Waals surface area contributed by atoms with Gasteiger partial charge in [0.15, 0.2) is 0 Å². The number of likely N-dealkylation sites (tertiary alicyclic amines) is 1. The number of nitrogens with zero attached hydrogens (tertiary/aromatic N) is 3. The number of hydrogen-bond acceptors (Lipinski definition) is 4. The molecule has 1 aromatic rings. The van der Waals surface area contributed by atoms with E-state index < -0.39 is 0 Å². The molecule has 0 spiro atoms. The number of aliphatic hydroxyl groups is 1. The van der Waals surface area contributed by atoms with E-state index in [0.29, 0.717) is 11.8 Å². The fourth-order valence-electron chi connectivity index (χ4n) is 4.28. The molecular formula is C18H29N3O2. The van der Waals surface area contributed by atoms with E-state index in [1.165, 1.54) is 12.1 Å². The summed E-state index contributed by atoms with van der Waals surface area (Å²) in [6.45, 7) is 10.5. The maximum atomic E-state index is 12.0. The van der Waals surface area contributed by atoms with Gasteiger partial charge in [0.1, 0.15) is 0 Å². The number of aliphatic hydroxyl groups excluding tert-OH is 1. The molecule has 5 nitrogen and oxygen atoms in total. The van der Waals surface area contributed by atoms with E-state index in [1.807, 2.05) is 10.6 Å². The van der Waals surface area contributed by atoms with Crippen molar-refractivity contribution in [3.8, 4) is 0 Å². The molecule has 0 saturated carbocycles. The third-order valence-electron chi connectivity index (χ3n) is 5.39. The van der Waals surface area contributed by atoms with Gasteiger partial charge < -0.3 is 14.6 Å². The molecular weight excluding hydrogens is 290 g/mol. The molecule has 0 aliphatic carbocycles. The quantitative estimate of drug-likeness (QED) is 0.849. The lowest BCUT2D eigenvalue weighted by molar-refractivity contribution is 0.0444. The minimum absolute atomic E-state index is 0.132. The number of fused-ring (bicyclic) bond motifs is 4. The summed E-state index contributed by atoms with van der Waals surface area (Å²) in [5.74, 6) is 0.957. The summed E-state index contributed by atoms with van der Waals surface area (Å²) in [5, 5.41) is 10.4. The molecule has 3 heterocycles. The maximum absolute atomic E-state index is 12.0. The van der Waals surface area contributed by atoms with Gasteiger partial charge in [0, 0.05) is 50.4 Å². The van der Waals surface area contributed by atoms with E-state index in [2.05, 4.69) is 29.7 Å². The molecule has 3 atom stereocenters.